The average molecular weight is 476 g/mol. The molecule has 0 unspecified atom stereocenters. The maximum absolute atomic E-state index is 13.0. The molecule has 1 saturated heterocycles. The van der Waals surface area contributed by atoms with Crippen molar-refractivity contribution < 1.29 is 14.5 Å². The van der Waals surface area contributed by atoms with Crippen molar-refractivity contribution in [2.75, 3.05) is 32.1 Å². The highest BCUT2D eigenvalue weighted by atomic mass is 79.9. The molecule has 1 amide bonds. The molecular formula is C22H26BrN3O4. The minimum atomic E-state index is -0.395. The van der Waals surface area contributed by atoms with Gasteiger partial charge in [0.1, 0.15) is 11.4 Å². The van der Waals surface area contributed by atoms with Gasteiger partial charge in [-0.2, -0.15) is 0 Å². The van der Waals surface area contributed by atoms with Gasteiger partial charge >= 0.3 is 0 Å². The minimum absolute atomic E-state index is 0.0174. The first-order valence-corrected chi connectivity index (χ1v) is 10.8. The highest BCUT2D eigenvalue weighted by molar-refractivity contribution is 9.10. The number of hydrogen-bond acceptors (Lipinski definition) is 5. The highest BCUT2D eigenvalue weighted by Crippen LogP contribution is 2.32. The molecule has 2 aromatic rings. The largest absolute Gasteiger partial charge is 0.496 e. The van der Waals surface area contributed by atoms with Gasteiger partial charge < -0.3 is 14.5 Å². The van der Waals surface area contributed by atoms with Crippen LogP contribution in [0.2, 0.25) is 0 Å². The van der Waals surface area contributed by atoms with Crippen LogP contribution in [-0.2, 0) is 6.54 Å². The highest BCUT2D eigenvalue weighted by Gasteiger charge is 2.24. The predicted octanol–water partition coefficient (Wildman–Crippen LogP) is 5.02. The van der Waals surface area contributed by atoms with Crippen molar-refractivity contribution >= 4 is 33.2 Å². The molecule has 0 N–H and O–H groups in total. The summed E-state index contributed by atoms with van der Waals surface area (Å²) in [6, 6.07) is 10.4. The van der Waals surface area contributed by atoms with E-state index >= 15 is 0 Å². The molecule has 1 aliphatic heterocycles. The minimum Gasteiger partial charge on any atom is -0.496 e. The number of ether oxygens (including phenoxy) is 1. The van der Waals surface area contributed by atoms with E-state index in [-0.39, 0.29) is 11.6 Å². The first-order valence-electron chi connectivity index (χ1n) is 10.0. The van der Waals surface area contributed by atoms with Crippen molar-refractivity contribution in [3.8, 4) is 5.75 Å². The van der Waals surface area contributed by atoms with Gasteiger partial charge in [-0.1, -0.05) is 28.8 Å². The standard InChI is InChI=1S/C22H26BrN3O4/c1-24(15-17-13-18(23)8-10-21(17)30-2)22(27)16-7-9-19(20(14-16)26(28)29)25-11-5-3-4-6-12-25/h7-10,13-14H,3-6,11-12,15H2,1-2H3. The summed E-state index contributed by atoms with van der Waals surface area (Å²) in [7, 11) is 3.26. The quantitative estimate of drug-likeness (QED) is 0.433. The van der Waals surface area contributed by atoms with E-state index in [1.54, 1.807) is 26.3 Å². The zero-order valence-electron chi connectivity index (χ0n) is 17.3. The molecule has 0 atom stereocenters. The van der Waals surface area contributed by atoms with Gasteiger partial charge in [0.2, 0.25) is 0 Å². The molecule has 0 saturated carbocycles. The molecule has 1 aliphatic rings. The molecule has 1 heterocycles. The molecular weight excluding hydrogens is 450 g/mol. The number of nitro benzene ring substituents is 1. The van der Waals surface area contributed by atoms with Gasteiger partial charge in [0, 0.05) is 48.3 Å². The predicted molar refractivity (Wildman–Crippen MR) is 120 cm³/mol. The van der Waals surface area contributed by atoms with Gasteiger partial charge in [0.15, 0.2) is 0 Å². The molecule has 3 rings (SSSR count). The van der Waals surface area contributed by atoms with Crippen molar-refractivity contribution in [1.29, 1.82) is 0 Å². The van der Waals surface area contributed by atoms with E-state index in [0.29, 0.717) is 23.5 Å². The maximum atomic E-state index is 13.0. The lowest BCUT2D eigenvalue weighted by Crippen LogP contribution is -2.27. The zero-order chi connectivity index (χ0) is 21.7. The van der Waals surface area contributed by atoms with Crippen molar-refractivity contribution in [2.45, 2.75) is 32.2 Å². The van der Waals surface area contributed by atoms with Crippen LogP contribution >= 0.6 is 15.9 Å². The van der Waals surface area contributed by atoms with Crippen LogP contribution < -0.4 is 9.64 Å². The second-order valence-corrected chi connectivity index (χ2v) is 8.39. The van der Waals surface area contributed by atoms with Crippen LogP contribution in [-0.4, -0.2) is 43.0 Å². The van der Waals surface area contributed by atoms with Crippen LogP contribution in [0.15, 0.2) is 40.9 Å². The molecule has 0 bridgehead atoms. The Labute approximate surface area is 184 Å². The number of nitrogens with zero attached hydrogens (tertiary/aromatic N) is 3. The summed E-state index contributed by atoms with van der Waals surface area (Å²) in [6.45, 7) is 1.93. The number of rotatable bonds is 6. The zero-order valence-corrected chi connectivity index (χ0v) is 18.9. The number of methoxy groups -OCH3 is 1. The summed E-state index contributed by atoms with van der Waals surface area (Å²) < 4.78 is 6.26. The number of hydrogen-bond donors (Lipinski definition) is 0. The summed E-state index contributed by atoms with van der Waals surface area (Å²) in [5, 5.41) is 11.7. The van der Waals surface area contributed by atoms with Crippen molar-refractivity contribution in [3.63, 3.8) is 0 Å². The summed E-state index contributed by atoms with van der Waals surface area (Å²) in [4.78, 5) is 27.9. The average Bonchev–Trinajstić information content (AvgIpc) is 3.02. The summed E-state index contributed by atoms with van der Waals surface area (Å²) in [5.41, 5.74) is 1.72. The lowest BCUT2D eigenvalue weighted by Gasteiger charge is -2.23. The lowest BCUT2D eigenvalue weighted by atomic mass is 10.1. The van der Waals surface area contributed by atoms with E-state index in [2.05, 4.69) is 20.8 Å². The number of halogens is 1. The normalized spacial score (nSPS) is 14.2. The first-order chi connectivity index (χ1) is 14.4. The third kappa shape index (κ3) is 5.11. The molecule has 160 valence electrons. The Morgan fingerprint density at radius 2 is 1.87 bits per heavy atom. The van der Waals surface area contributed by atoms with Crippen LogP contribution in [0, 0.1) is 10.1 Å². The second-order valence-electron chi connectivity index (χ2n) is 7.48. The van der Waals surface area contributed by atoms with E-state index in [1.165, 1.54) is 11.0 Å². The third-order valence-electron chi connectivity index (χ3n) is 5.36. The SMILES string of the molecule is COc1ccc(Br)cc1CN(C)C(=O)c1ccc(N2CCCCCC2)c([N+](=O)[O-])c1. The monoisotopic (exact) mass is 475 g/mol. The fourth-order valence-electron chi connectivity index (χ4n) is 3.80. The fraction of sp³-hybridized carbons (Fsp3) is 0.409. The number of anilines is 1. The third-order valence-corrected chi connectivity index (χ3v) is 5.86. The Bertz CT molecular complexity index is 927. The molecule has 30 heavy (non-hydrogen) atoms. The van der Waals surface area contributed by atoms with Crippen LogP contribution in [0.3, 0.4) is 0 Å². The number of amides is 1. The van der Waals surface area contributed by atoms with Gasteiger partial charge in [-0.3, -0.25) is 14.9 Å². The van der Waals surface area contributed by atoms with Crippen molar-refractivity contribution in [3.05, 3.63) is 62.1 Å². The second kappa shape index (κ2) is 9.93. The van der Waals surface area contributed by atoms with Crippen molar-refractivity contribution in [1.82, 2.24) is 4.90 Å². The van der Waals surface area contributed by atoms with E-state index in [0.717, 1.165) is 48.8 Å². The Kier molecular flexibility index (Phi) is 7.31. The molecule has 0 radical (unpaired) electrons. The van der Waals surface area contributed by atoms with E-state index in [1.807, 2.05) is 18.2 Å². The Morgan fingerprint density at radius 3 is 2.50 bits per heavy atom. The Balaban J connectivity index is 1.84. The molecule has 0 aromatic heterocycles. The molecule has 0 aliphatic carbocycles. The summed E-state index contributed by atoms with van der Waals surface area (Å²) in [6.07, 6.45) is 4.33. The van der Waals surface area contributed by atoms with Crippen LogP contribution in [0.25, 0.3) is 0 Å². The number of carbonyl (C=O) groups excluding carboxylic acids is 1. The smallest absolute Gasteiger partial charge is 0.293 e. The summed E-state index contributed by atoms with van der Waals surface area (Å²) >= 11 is 3.44. The molecule has 1 fully saturated rings. The topological polar surface area (TPSA) is 75.9 Å². The van der Waals surface area contributed by atoms with Gasteiger partial charge in [0.25, 0.3) is 11.6 Å². The van der Waals surface area contributed by atoms with Gasteiger partial charge in [-0.25, -0.2) is 0 Å². The molecule has 8 heteroatoms. The van der Waals surface area contributed by atoms with Crippen LogP contribution in [0.5, 0.6) is 5.75 Å². The van der Waals surface area contributed by atoms with E-state index < -0.39 is 4.92 Å². The van der Waals surface area contributed by atoms with Gasteiger partial charge in [0.05, 0.1) is 12.0 Å². The number of benzene rings is 2. The summed E-state index contributed by atoms with van der Waals surface area (Å²) in [5.74, 6) is 0.405. The molecule has 2 aromatic carbocycles. The van der Waals surface area contributed by atoms with Crippen LogP contribution in [0.4, 0.5) is 11.4 Å². The molecule has 7 nitrogen and oxygen atoms in total. The lowest BCUT2D eigenvalue weighted by molar-refractivity contribution is -0.384. The van der Waals surface area contributed by atoms with E-state index in [4.69, 9.17) is 4.74 Å². The number of nitro groups is 1. The van der Waals surface area contributed by atoms with Gasteiger partial charge in [-0.05, 0) is 43.2 Å². The fourth-order valence-corrected chi connectivity index (χ4v) is 4.21. The Morgan fingerprint density at radius 1 is 1.17 bits per heavy atom. The maximum Gasteiger partial charge on any atom is 0.293 e. The van der Waals surface area contributed by atoms with Gasteiger partial charge in [-0.15, -0.1) is 0 Å². The Hall–Kier alpha value is -2.61. The van der Waals surface area contributed by atoms with Crippen molar-refractivity contribution in [2.24, 2.45) is 0 Å². The number of carbonyl (C=O) groups is 1. The molecule has 0 spiro atoms. The van der Waals surface area contributed by atoms with E-state index in [9.17, 15) is 14.9 Å². The first kappa shape index (κ1) is 22.1. The van der Waals surface area contributed by atoms with Crippen LogP contribution in [0.1, 0.15) is 41.6 Å².